The number of hydrogen-bond donors (Lipinski definition) is 3. The zero-order valence-corrected chi connectivity index (χ0v) is 17.5. The van der Waals surface area contributed by atoms with Crippen molar-refractivity contribution < 1.29 is 23.1 Å². The van der Waals surface area contributed by atoms with E-state index in [2.05, 4.69) is 20.3 Å². The molecule has 0 saturated heterocycles. The van der Waals surface area contributed by atoms with E-state index in [1.54, 1.807) is 0 Å². The highest BCUT2D eigenvalue weighted by Gasteiger charge is 2.23. The summed E-state index contributed by atoms with van der Waals surface area (Å²) >= 11 is 0. The van der Waals surface area contributed by atoms with Crippen molar-refractivity contribution in [2.75, 3.05) is 17.7 Å². The molecule has 4 aromatic rings. The summed E-state index contributed by atoms with van der Waals surface area (Å²) in [6.45, 7) is -0.428. The number of aromatic nitrogens is 4. The van der Waals surface area contributed by atoms with Crippen molar-refractivity contribution in [1.29, 1.82) is 0 Å². The molecule has 0 spiro atoms. The molecule has 3 heterocycles. The lowest BCUT2D eigenvalue weighted by molar-refractivity contribution is 0.101. The van der Waals surface area contributed by atoms with Gasteiger partial charge in [0.25, 0.3) is 11.5 Å². The van der Waals surface area contributed by atoms with Crippen LogP contribution in [0.1, 0.15) is 21.8 Å². The monoisotopic (exact) mass is 468 g/mol. The van der Waals surface area contributed by atoms with Gasteiger partial charge in [-0.1, -0.05) is 6.07 Å². The van der Waals surface area contributed by atoms with Crippen molar-refractivity contribution in [2.45, 2.75) is 13.0 Å². The summed E-state index contributed by atoms with van der Waals surface area (Å²) in [5.41, 5.74) is 5.65. The van der Waals surface area contributed by atoms with Crippen LogP contribution in [0.3, 0.4) is 0 Å². The first kappa shape index (κ1) is 22.7. The highest BCUT2D eigenvalue weighted by Crippen LogP contribution is 2.32. The van der Waals surface area contributed by atoms with Gasteiger partial charge in [-0.3, -0.25) is 24.5 Å². The first-order chi connectivity index (χ1) is 16.4. The minimum atomic E-state index is -0.800. The Morgan fingerprint density at radius 1 is 1.18 bits per heavy atom. The second kappa shape index (κ2) is 9.58. The van der Waals surface area contributed by atoms with E-state index in [9.17, 15) is 23.5 Å². The number of nitrogens with zero attached hydrogens (tertiary/aromatic N) is 4. The number of benzene rings is 1. The van der Waals surface area contributed by atoms with Gasteiger partial charge in [0, 0.05) is 36.0 Å². The lowest BCUT2D eigenvalue weighted by Crippen LogP contribution is -2.24. The van der Waals surface area contributed by atoms with Crippen LogP contribution in [0.15, 0.2) is 58.1 Å². The number of nitrogens with one attached hydrogen (secondary N) is 1. The molecular formula is C22H18F2N6O4. The number of carbonyl (C=O) groups excluding carboxylic acids is 1. The maximum atomic E-state index is 14.3. The Balaban J connectivity index is 1.80. The lowest BCUT2D eigenvalue weighted by atomic mass is 10.0. The normalized spacial score (nSPS) is 10.9. The molecule has 1 amide bonds. The number of rotatable bonds is 7. The van der Waals surface area contributed by atoms with Crippen LogP contribution < -0.4 is 16.6 Å². The SMILES string of the molecule is Nc1c(-c2nc(NC(=O)c3cnccn3)oc2Cc2c(F)cccc2F)ccc(=O)n1CCO. The highest BCUT2D eigenvalue weighted by atomic mass is 19.1. The molecule has 12 heteroatoms. The fraction of sp³-hybridized carbons (Fsp3) is 0.136. The molecule has 1 aromatic carbocycles. The number of nitrogens with two attached hydrogens (primary N) is 1. The number of amides is 1. The van der Waals surface area contributed by atoms with E-state index in [0.717, 1.165) is 16.7 Å². The number of carbonyl (C=O) groups is 1. The molecule has 34 heavy (non-hydrogen) atoms. The van der Waals surface area contributed by atoms with Gasteiger partial charge in [0.15, 0.2) is 0 Å². The topological polar surface area (TPSA) is 149 Å². The molecule has 4 rings (SSSR count). The van der Waals surface area contributed by atoms with E-state index in [-0.39, 0.29) is 59.7 Å². The quantitative estimate of drug-likeness (QED) is 0.373. The van der Waals surface area contributed by atoms with E-state index in [1.807, 2.05) is 0 Å². The van der Waals surface area contributed by atoms with Gasteiger partial charge in [0.1, 0.15) is 34.6 Å². The fourth-order valence-corrected chi connectivity index (χ4v) is 3.30. The summed E-state index contributed by atoms with van der Waals surface area (Å²) in [6, 6.07) is 5.73. The Morgan fingerprint density at radius 2 is 1.94 bits per heavy atom. The molecule has 0 bridgehead atoms. The minimum Gasteiger partial charge on any atom is -0.427 e. The largest absolute Gasteiger partial charge is 0.427 e. The minimum absolute atomic E-state index is 0.0139. The van der Waals surface area contributed by atoms with Crippen molar-refractivity contribution in [3.63, 3.8) is 0 Å². The molecule has 3 aromatic heterocycles. The van der Waals surface area contributed by atoms with Crippen LogP contribution in [0.25, 0.3) is 11.3 Å². The predicted molar refractivity (Wildman–Crippen MR) is 117 cm³/mol. The van der Waals surface area contributed by atoms with E-state index in [1.165, 1.54) is 36.8 Å². The van der Waals surface area contributed by atoms with Gasteiger partial charge >= 0.3 is 6.01 Å². The van der Waals surface area contributed by atoms with Crippen molar-refractivity contribution in [3.05, 3.63) is 87.9 Å². The van der Waals surface area contributed by atoms with E-state index in [0.29, 0.717) is 0 Å². The van der Waals surface area contributed by atoms with Gasteiger partial charge < -0.3 is 15.3 Å². The van der Waals surface area contributed by atoms with Crippen LogP contribution in [-0.2, 0) is 13.0 Å². The Morgan fingerprint density at radius 3 is 2.62 bits per heavy atom. The van der Waals surface area contributed by atoms with Crippen LogP contribution >= 0.6 is 0 Å². The standard InChI is InChI=1S/C22H18F2N6O4/c23-14-2-1-3-15(24)13(14)10-17-19(12-4-5-18(32)30(8-9-31)20(12)25)28-22(34-17)29-21(33)16-11-26-6-7-27-16/h1-7,11,31H,8-10,25H2,(H,28,29,33). The average molecular weight is 468 g/mol. The second-order valence-electron chi connectivity index (χ2n) is 7.06. The molecule has 0 atom stereocenters. The summed E-state index contributed by atoms with van der Waals surface area (Å²) in [6.07, 6.45) is 3.59. The number of halogens is 2. The molecule has 4 N–H and O–H groups in total. The van der Waals surface area contributed by atoms with Crippen LogP contribution in [0, 0.1) is 11.6 Å². The Bertz CT molecular complexity index is 1380. The van der Waals surface area contributed by atoms with Gasteiger partial charge in [-0.2, -0.15) is 4.98 Å². The van der Waals surface area contributed by atoms with Gasteiger partial charge in [-0.15, -0.1) is 0 Å². The third-order valence-electron chi connectivity index (χ3n) is 4.92. The van der Waals surface area contributed by atoms with Crippen LogP contribution in [0.5, 0.6) is 0 Å². The van der Waals surface area contributed by atoms with Gasteiger partial charge in [-0.25, -0.2) is 13.8 Å². The van der Waals surface area contributed by atoms with Crippen molar-refractivity contribution in [2.24, 2.45) is 0 Å². The molecule has 0 saturated carbocycles. The molecule has 0 unspecified atom stereocenters. The van der Waals surface area contributed by atoms with E-state index >= 15 is 0 Å². The number of aliphatic hydroxyl groups is 1. The van der Waals surface area contributed by atoms with Crippen LogP contribution in [0.4, 0.5) is 20.6 Å². The van der Waals surface area contributed by atoms with Crippen molar-refractivity contribution >= 4 is 17.7 Å². The Kier molecular flexibility index (Phi) is 6.41. The Labute approximate surface area is 190 Å². The molecule has 10 nitrogen and oxygen atoms in total. The smallest absolute Gasteiger partial charge is 0.302 e. The molecular weight excluding hydrogens is 450 g/mol. The lowest BCUT2D eigenvalue weighted by Gasteiger charge is -2.12. The summed E-state index contributed by atoms with van der Waals surface area (Å²) in [4.78, 5) is 36.5. The second-order valence-corrected chi connectivity index (χ2v) is 7.06. The first-order valence-corrected chi connectivity index (χ1v) is 9.99. The van der Waals surface area contributed by atoms with Crippen molar-refractivity contribution in [3.8, 4) is 11.3 Å². The summed E-state index contributed by atoms with van der Waals surface area (Å²) < 4.78 is 35.4. The van der Waals surface area contributed by atoms with Crippen LogP contribution in [-0.4, -0.2) is 37.1 Å². The molecule has 174 valence electrons. The highest BCUT2D eigenvalue weighted by molar-refractivity contribution is 6.01. The van der Waals surface area contributed by atoms with Gasteiger partial charge in [0.2, 0.25) is 0 Å². The van der Waals surface area contributed by atoms with Gasteiger partial charge in [-0.05, 0) is 18.2 Å². The predicted octanol–water partition coefficient (Wildman–Crippen LogP) is 1.99. The summed E-state index contributed by atoms with van der Waals surface area (Å²) in [5, 5.41) is 11.7. The number of anilines is 2. The average Bonchev–Trinajstić information content (AvgIpc) is 3.21. The molecule has 0 aliphatic heterocycles. The zero-order valence-electron chi connectivity index (χ0n) is 17.5. The molecule has 0 aliphatic carbocycles. The van der Waals surface area contributed by atoms with Gasteiger partial charge in [0.05, 0.1) is 19.3 Å². The molecule has 0 radical (unpaired) electrons. The number of pyridine rings is 1. The number of oxazole rings is 1. The zero-order chi connectivity index (χ0) is 24.2. The maximum absolute atomic E-state index is 14.3. The first-order valence-electron chi connectivity index (χ1n) is 9.99. The van der Waals surface area contributed by atoms with E-state index < -0.39 is 23.1 Å². The third kappa shape index (κ3) is 4.52. The molecule has 0 fully saturated rings. The number of hydrogen-bond acceptors (Lipinski definition) is 8. The van der Waals surface area contributed by atoms with Crippen LogP contribution in [0.2, 0.25) is 0 Å². The van der Waals surface area contributed by atoms with E-state index in [4.69, 9.17) is 10.2 Å². The number of aliphatic hydroxyl groups excluding tert-OH is 1. The third-order valence-corrected chi connectivity index (χ3v) is 4.92. The summed E-state index contributed by atoms with van der Waals surface area (Å²) in [7, 11) is 0. The molecule has 0 aliphatic rings. The maximum Gasteiger partial charge on any atom is 0.302 e. The number of nitrogen functional groups attached to an aromatic ring is 1. The fourth-order valence-electron chi connectivity index (χ4n) is 3.30. The van der Waals surface area contributed by atoms with Crippen molar-refractivity contribution in [1.82, 2.24) is 19.5 Å². The summed E-state index contributed by atoms with van der Waals surface area (Å²) in [5.74, 6) is -2.34. The Hall–Kier alpha value is -4.45.